The summed E-state index contributed by atoms with van der Waals surface area (Å²) in [4.78, 5) is 43.4. The molecule has 2 heterocycles. The standard InChI is InChI=1S/C31H28N2O6/c1-3-39-23-14-12-20(13-15-23)28(34)26-27(19-8-10-21(11-9-19)31(37)38-2)33(30(36)29(26)35)17-16-22-18-32-25-7-5-4-6-24(22)25/h4-15,18,27,32,34H,3,16-17H2,1-2H3/t27-/m1/s1. The molecule has 0 spiro atoms. The summed E-state index contributed by atoms with van der Waals surface area (Å²) in [6, 6.07) is 20.2. The summed E-state index contributed by atoms with van der Waals surface area (Å²) in [6.07, 6.45) is 2.40. The van der Waals surface area contributed by atoms with Crippen LogP contribution < -0.4 is 4.74 Å². The minimum Gasteiger partial charge on any atom is -0.507 e. The van der Waals surface area contributed by atoms with Crippen molar-refractivity contribution >= 4 is 34.3 Å². The highest BCUT2D eigenvalue weighted by atomic mass is 16.5. The number of carbonyl (C=O) groups is 3. The lowest BCUT2D eigenvalue weighted by Crippen LogP contribution is -2.31. The minimum absolute atomic E-state index is 0.00564. The van der Waals surface area contributed by atoms with E-state index in [0.717, 1.165) is 16.5 Å². The maximum atomic E-state index is 13.4. The number of Topliss-reactive ketones (excluding diaryl/α,β-unsaturated/α-hetero) is 1. The van der Waals surface area contributed by atoms with Gasteiger partial charge in [-0.2, -0.15) is 0 Å². The van der Waals surface area contributed by atoms with Crippen LogP contribution in [0, 0.1) is 0 Å². The number of para-hydroxylation sites is 1. The van der Waals surface area contributed by atoms with Crippen LogP contribution in [0.25, 0.3) is 16.7 Å². The number of hydrogen-bond acceptors (Lipinski definition) is 6. The van der Waals surface area contributed by atoms with Crippen LogP contribution in [-0.2, 0) is 20.7 Å². The number of esters is 1. The first-order valence-electron chi connectivity index (χ1n) is 12.7. The van der Waals surface area contributed by atoms with Crippen LogP contribution in [0.15, 0.2) is 84.6 Å². The normalized spacial score (nSPS) is 16.6. The Hall–Kier alpha value is -4.85. The Morgan fingerprint density at radius 2 is 1.67 bits per heavy atom. The van der Waals surface area contributed by atoms with Gasteiger partial charge < -0.3 is 24.5 Å². The number of ketones is 1. The Balaban J connectivity index is 1.55. The van der Waals surface area contributed by atoms with Crippen LogP contribution in [0.2, 0.25) is 0 Å². The molecule has 1 atom stereocenters. The number of hydrogen-bond donors (Lipinski definition) is 2. The summed E-state index contributed by atoms with van der Waals surface area (Å²) >= 11 is 0. The smallest absolute Gasteiger partial charge is 0.337 e. The molecule has 1 aromatic heterocycles. The van der Waals surface area contributed by atoms with Crippen LogP contribution in [0.5, 0.6) is 5.75 Å². The van der Waals surface area contributed by atoms with Crippen molar-refractivity contribution in [1.82, 2.24) is 9.88 Å². The maximum Gasteiger partial charge on any atom is 0.337 e. The number of aromatic amines is 1. The predicted molar refractivity (Wildman–Crippen MR) is 146 cm³/mol. The van der Waals surface area contributed by atoms with Crippen LogP contribution in [0.3, 0.4) is 0 Å². The number of aliphatic hydroxyl groups excluding tert-OH is 1. The molecule has 0 aliphatic carbocycles. The third-order valence-corrected chi connectivity index (χ3v) is 6.92. The fourth-order valence-corrected chi connectivity index (χ4v) is 4.99. The van der Waals surface area contributed by atoms with Crippen molar-refractivity contribution in [1.29, 1.82) is 0 Å². The predicted octanol–water partition coefficient (Wildman–Crippen LogP) is 5.02. The molecule has 1 fully saturated rings. The van der Waals surface area contributed by atoms with Gasteiger partial charge in [0, 0.05) is 29.2 Å². The number of carbonyl (C=O) groups excluding carboxylic acids is 3. The van der Waals surface area contributed by atoms with Gasteiger partial charge in [0.25, 0.3) is 11.7 Å². The Bertz CT molecular complexity index is 1570. The van der Waals surface area contributed by atoms with Gasteiger partial charge >= 0.3 is 5.97 Å². The number of benzene rings is 3. The van der Waals surface area contributed by atoms with Gasteiger partial charge in [-0.15, -0.1) is 0 Å². The topological polar surface area (TPSA) is 109 Å². The number of rotatable bonds is 8. The molecule has 3 aromatic carbocycles. The molecular weight excluding hydrogens is 496 g/mol. The number of likely N-dealkylation sites (tertiary alicyclic amines) is 1. The highest BCUT2D eigenvalue weighted by Gasteiger charge is 2.46. The number of amides is 1. The fourth-order valence-electron chi connectivity index (χ4n) is 4.99. The van der Waals surface area contributed by atoms with Crippen molar-refractivity contribution in [3.8, 4) is 5.75 Å². The summed E-state index contributed by atoms with van der Waals surface area (Å²) in [6.45, 7) is 2.61. The van der Waals surface area contributed by atoms with E-state index in [1.165, 1.54) is 12.0 Å². The number of nitrogens with one attached hydrogen (secondary N) is 1. The second-order valence-electron chi connectivity index (χ2n) is 9.17. The van der Waals surface area contributed by atoms with Gasteiger partial charge in [-0.25, -0.2) is 4.79 Å². The van der Waals surface area contributed by atoms with Crippen LogP contribution in [-0.4, -0.2) is 52.9 Å². The molecule has 1 aliphatic rings. The highest BCUT2D eigenvalue weighted by Crippen LogP contribution is 2.40. The number of fused-ring (bicyclic) bond motifs is 1. The number of nitrogens with zero attached hydrogens (tertiary/aromatic N) is 1. The molecule has 1 saturated heterocycles. The van der Waals surface area contributed by atoms with Gasteiger partial charge in [0.15, 0.2) is 0 Å². The SMILES string of the molecule is CCOc1ccc(C(O)=C2C(=O)C(=O)N(CCc3c[nH]c4ccccc34)[C@@H]2c2ccc(C(=O)OC)cc2)cc1. The molecule has 1 aliphatic heterocycles. The zero-order valence-corrected chi connectivity index (χ0v) is 21.6. The molecule has 0 radical (unpaired) electrons. The molecule has 8 nitrogen and oxygen atoms in total. The van der Waals surface area contributed by atoms with Crippen molar-refractivity contribution < 1.29 is 29.0 Å². The van der Waals surface area contributed by atoms with Gasteiger partial charge in [-0.1, -0.05) is 30.3 Å². The molecule has 2 N–H and O–H groups in total. The molecule has 5 rings (SSSR count). The quantitative estimate of drug-likeness (QED) is 0.145. The molecule has 0 saturated carbocycles. The molecule has 0 bridgehead atoms. The Morgan fingerprint density at radius 1 is 0.974 bits per heavy atom. The fraction of sp³-hybridized carbons (Fsp3) is 0.194. The van der Waals surface area contributed by atoms with Crippen molar-refractivity contribution in [2.45, 2.75) is 19.4 Å². The average molecular weight is 525 g/mol. The van der Waals surface area contributed by atoms with Crippen LogP contribution in [0.4, 0.5) is 0 Å². The van der Waals surface area contributed by atoms with Gasteiger partial charge in [0.05, 0.1) is 30.9 Å². The van der Waals surface area contributed by atoms with E-state index in [0.29, 0.717) is 35.5 Å². The van der Waals surface area contributed by atoms with Gasteiger partial charge in [-0.3, -0.25) is 9.59 Å². The van der Waals surface area contributed by atoms with E-state index in [9.17, 15) is 19.5 Å². The number of H-pyrrole nitrogens is 1. The summed E-state index contributed by atoms with van der Waals surface area (Å²) in [5.41, 5.74) is 3.31. The molecule has 198 valence electrons. The first-order chi connectivity index (χ1) is 18.9. The largest absolute Gasteiger partial charge is 0.507 e. The molecule has 1 amide bonds. The first kappa shape index (κ1) is 25.8. The number of aromatic nitrogens is 1. The lowest BCUT2D eigenvalue weighted by Gasteiger charge is -2.25. The van der Waals surface area contributed by atoms with E-state index in [1.807, 2.05) is 37.4 Å². The Kier molecular flexibility index (Phi) is 7.19. The second kappa shape index (κ2) is 10.9. The zero-order valence-electron chi connectivity index (χ0n) is 21.6. The number of ether oxygens (including phenoxy) is 2. The lowest BCUT2D eigenvalue weighted by atomic mass is 9.94. The van der Waals surface area contributed by atoms with E-state index in [-0.39, 0.29) is 17.9 Å². The number of aliphatic hydroxyl groups is 1. The molecule has 4 aromatic rings. The molecule has 0 unspecified atom stereocenters. The summed E-state index contributed by atoms with van der Waals surface area (Å²) in [7, 11) is 1.30. The summed E-state index contributed by atoms with van der Waals surface area (Å²) in [5, 5.41) is 12.4. The average Bonchev–Trinajstić information content (AvgIpc) is 3.49. The van der Waals surface area contributed by atoms with E-state index < -0.39 is 23.7 Å². The Morgan fingerprint density at radius 3 is 2.36 bits per heavy atom. The van der Waals surface area contributed by atoms with E-state index in [2.05, 4.69) is 4.98 Å². The third kappa shape index (κ3) is 4.88. The van der Waals surface area contributed by atoms with Crippen LogP contribution in [0.1, 0.15) is 40.0 Å². The summed E-state index contributed by atoms with van der Waals surface area (Å²) < 4.78 is 10.3. The van der Waals surface area contributed by atoms with Gasteiger partial charge in [0.1, 0.15) is 11.5 Å². The molecule has 8 heteroatoms. The highest BCUT2D eigenvalue weighted by molar-refractivity contribution is 6.46. The van der Waals surface area contributed by atoms with Crippen LogP contribution >= 0.6 is 0 Å². The lowest BCUT2D eigenvalue weighted by molar-refractivity contribution is -0.139. The maximum absolute atomic E-state index is 13.4. The van der Waals surface area contributed by atoms with Crippen molar-refractivity contribution in [3.05, 3.63) is 107 Å². The second-order valence-corrected chi connectivity index (χ2v) is 9.17. The van der Waals surface area contributed by atoms with Crippen molar-refractivity contribution in [2.75, 3.05) is 20.3 Å². The zero-order chi connectivity index (χ0) is 27.5. The van der Waals surface area contributed by atoms with Gasteiger partial charge in [0.2, 0.25) is 0 Å². The van der Waals surface area contributed by atoms with Gasteiger partial charge in [-0.05, 0) is 66.9 Å². The first-order valence-corrected chi connectivity index (χ1v) is 12.7. The van der Waals surface area contributed by atoms with E-state index >= 15 is 0 Å². The van der Waals surface area contributed by atoms with Crippen molar-refractivity contribution in [2.24, 2.45) is 0 Å². The van der Waals surface area contributed by atoms with E-state index in [4.69, 9.17) is 9.47 Å². The molecule has 39 heavy (non-hydrogen) atoms. The molecular formula is C31H28N2O6. The summed E-state index contributed by atoms with van der Waals surface area (Å²) in [5.74, 6) is -1.59. The Labute approximate surface area is 225 Å². The third-order valence-electron chi connectivity index (χ3n) is 6.92. The van der Waals surface area contributed by atoms with Crippen molar-refractivity contribution in [3.63, 3.8) is 0 Å². The monoisotopic (exact) mass is 524 g/mol. The van der Waals surface area contributed by atoms with E-state index in [1.54, 1.807) is 48.5 Å². The minimum atomic E-state index is -0.839. The number of methoxy groups -OCH3 is 1.